The predicted octanol–water partition coefficient (Wildman–Crippen LogP) is 5.23. The molecule has 3 heterocycles. The molecule has 6 atom stereocenters. The number of carbonyl (C=O) groups excluding carboxylic acids is 1. The molecule has 12 nitrogen and oxygen atoms in total. The van der Waals surface area contributed by atoms with Gasteiger partial charge in [0.05, 0.1) is 19.5 Å². The quantitative estimate of drug-likeness (QED) is 0.158. The summed E-state index contributed by atoms with van der Waals surface area (Å²) in [5.41, 5.74) is -1.69. The summed E-state index contributed by atoms with van der Waals surface area (Å²) in [5, 5.41) is 15.9. The number of carbonyl (C=O) groups is 1. The van der Waals surface area contributed by atoms with E-state index < -0.39 is 42.8 Å². The van der Waals surface area contributed by atoms with Gasteiger partial charge in [-0.1, -0.05) is 57.2 Å². The number of hydrogen-bond acceptors (Lipinski definition) is 11. The highest BCUT2D eigenvalue weighted by Gasteiger charge is 2.56. The Kier molecular flexibility index (Phi) is 9.94. The fraction of sp³-hybridized carbons (Fsp3) is 0.500. The number of imidazole rings is 1. The van der Waals surface area contributed by atoms with E-state index in [4.69, 9.17) is 30.3 Å². The van der Waals surface area contributed by atoms with Crippen LogP contribution in [0.5, 0.6) is 5.75 Å². The van der Waals surface area contributed by atoms with Crippen LogP contribution in [0.4, 0.5) is 10.2 Å². The van der Waals surface area contributed by atoms with E-state index in [1.54, 1.807) is 24.8 Å². The first-order valence-electron chi connectivity index (χ1n) is 15.3. The van der Waals surface area contributed by atoms with Gasteiger partial charge >= 0.3 is 12.6 Å². The van der Waals surface area contributed by atoms with Gasteiger partial charge in [-0.2, -0.15) is 0 Å². The van der Waals surface area contributed by atoms with Gasteiger partial charge in [0.2, 0.25) is 0 Å². The summed E-state index contributed by atoms with van der Waals surface area (Å²) in [6.45, 7) is 6.75. The van der Waals surface area contributed by atoms with Gasteiger partial charge < -0.3 is 28.5 Å². The Bertz CT molecular complexity index is 1810. The average Bonchev–Trinajstić information content (AvgIpc) is 3.51. The molecule has 0 aliphatic carbocycles. The molecular weight excluding hydrogens is 646 g/mol. The van der Waals surface area contributed by atoms with Crippen molar-refractivity contribution in [3.05, 3.63) is 54.6 Å². The Morgan fingerprint density at radius 1 is 1.23 bits per heavy atom. The molecule has 254 valence electrons. The van der Waals surface area contributed by atoms with Crippen LogP contribution in [0.2, 0.25) is 0 Å². The summed E-state index contributed by atoms with van der Waals surface area (Å²) in [4.78, 5) is 28.1. The maximum atomic E-state index is 16.4. The summed E-state index contributed by atoms with van der Waals surface area (Å²) in [6, 6.07) is 12.2. The van der Waals surface area contributed by atoms with Crippen LogP contribution in [0, 0.1) is 12.3 Å². The third kappa shape index (κ3) is 7.58. The Morgan fingerprint density at radius 3 is 2.64 bits per heavy atom. The molecule has 0 amide bonds. The van der Waals surface area contributed by atoms with E-state index in [1.807, 2.05) is 71.3 Å². The molecule has 0 bridgehead atoms. The highest BCUT2D eigenvalue weighted by Crippen LogP contribution is 2.49. The summed E-state index contributed by atoms with van der Waals surface area (Å²) in [7, 11) is 3.65. The number of aromatic nitrogens is 4. The van der Waals surface area contributed by atoms with Gasteiger partial charge in [0, 0.05) is 19.5 Å². The number of rotatable bonds is 11. The SMILES string of the molecule is Cc1nc(N(C)C)c2ncn([C@@H]3O[C@H](CO[P@@](=S)(N[C@@H](C)C(=O)OCC(C)(C)C)Oc4cccc5ccccc45)[C@@H](O)[C@@]3(C)F)c2n1. The zero-order valence-electron chi connectivity index (χ0n) is 27.8. The Balaban J connectivity index is 1.41. The lowest BCUT2D eigenvalue weighted by Gasteiger charge is -2.29. The van der Waals surface area contributed by atoms with Crippen molar-refractivity contribution in [3.8, 4) is 5.75 Å². The van der Waals surface area contributed by atoms with E-state index in [-0.39, 0.29) is 18.6 Å². The highest BCUT2D eigenvalue weighted by molar-refractivity contribution is 8.09. The standard InChI is InChI=1S/C32H42FN6O6PS/c1-19(29(41)42-17-31(3,4)5)37-46(47,45-23-15-11-13-21-12-9-10-14-22(21)23)43-16-24-26(40)32(6,33)30(44-24)39-18-34-25-27(38(7)8)35-20(2)36-28(25)39/h9-15,18-19,24,26,30,40H,16-17H2,1-8H3,(H,37,47)/t19-,24+,26+,30+,32+,46-/m0/s1. The fourth-order valence-corrected chi connectivity index (χ4v) is 7.63. The van der Waals surface area contributed by atoms with Gasteiger partial charge in [-0.3, -0.25) is 9.36 Å². The third-order valence-electron chi connectivity index (χ3n) is 7.64. The summed E-state index contributed by atoms with van der Waals surface area (Å²) >= 11 is 5.94. The van der Waals surface area contributed by atoms with Gasteiger partial charge in [0.1, 0.15) is 29.8 Å². The van der Waals surface area contributed by atoms with Crippen LogP contribution in [0.25, 0.3) is 21.9 Å². The van der Waals surface area contributed by atoms with Crippen molar-refractivity contribution in [2.24, 2.45) is 5.41 Å². The van der Waals surface area contributed by atoms with Gasteiger partial charge in [-0.15, -0.1) is 0 Å². The molecule has 1 fully saturated rings. The number of anilines is 1. The number of alkyl halides is 1. The molecular formula is C32H42FN6O6PS. The zero-order chi connectivity index (χ0) is 34.3. The first kappa shape index (κ1) is 35.1. The molecule has 2 N–H and O–H groups in total. The summed E-state index contributed by atoms with van der Waals surface area (Å²) in [6.07, 6.45) is -2.65. The molecule has 47 heavy (non-hydrogen) atoms. The Labute approximate surface area is 278 Å². The lowest BCUT2D eigenvalue weighted by molar-refractivity contribution is -0.148. The van der Waals surface area contributed by atoms with E-state index in [0.29, 0.717) is 28.6 Å². The number of nitrogens with zero attached hydrogens (tertiary/aromatic N) is 5. The van der Waals surface area contributed by atoms with Crippen molar-refractivity contribution < 1.29 is 32.8 Å². The molecule has 1 aliphatic heterocycles. The first-order chi connectivity index (χ1) is 22.0. The monoisotopic (exact) mass is 688 g/mol. The molecule has 0 spiro atoms. The smallest absolute Gasteiger partial charge is 0.323 e. The number of hydrogen-bond donors (Lipinski definition) is 2. The second kappa shape index (κ2) is 13.3. The van der Waals surface area contributed by atoms with Crippen molar-refractivity contribution in [2.45, 2.75) is 71.7 Å². The number of halogens is 1. The first-order valence-corrected chi connectivity index (χ1v) is 17.9. The lowest BCUT2D eigenvalue weighted by atomic mass is 9.98. The second-order valence-electron chi connectivity index (χ2n) is 13.3. The van der Waals surface area contributed by atoms with Crippen LogP contribution in [-0.2, 0) is 30.6 Å². The maximum absolute atomic E-state index is 16.4. The fourth-order valence-electron chi connectivity index (χ4n) is 5.21. The number of aryl methyl sites for hydroxylation is 1. The molecule has 4 aromatic rings. The molecule has 0 radical (unpaired) electrons. The van der Waals surface area contributed by atoms with Crippen LogP contribution < -0.4 is 14.5 Å². The predicted molar refractivity (Wildman–Crippen MR) is 182 cm³/mol. The third-order valence-corrected chi connectivity index (χ3v) is 10.1. The molecule has 0 unspecified atom stereocenters. The van der Waals surface area contributed by atoms with Crippen molar-refractivity contribution in [3.63, 3.8) is 0 Å². The molecule has 1 aliphatic rings. The largest absolute Gasteiger partial charge is 0.464 e. The van der Waals surface area contributed by atoms with Gasteiger partial charge in [0.25, 0.3) is 0 Å². The molecule has 15 heteroatoms. The maximum Gasteiger partial charge on any atom is 0.323 e. The van der Waals surface area contributed by atoms with E-state index in [2.05, 4.69) is 20.0 Å². The number of nitrogens with one attached hydrogen (secondary N) is 1. The summed E-state index contributed by atoms with van der Waals surface area (Å²) in [5.74, 6) is 0.938. The Morgan fingerprint density at radius 2 is 1.94 bits per heavy atom. The highest BCUT2D eigenvalue weighted by atomic mass is 32.5. The minimum Gasteiger partial charge on any atom is -0.464 e. The average molecular weight is 689 g/mol. The van der Waals surface area contributed by atoms with Crippen molar-refractivity contribution in [2.75, 3.05) is 32.2 Å². The van der Waals surface area contributed by atoms with Crippen molar-refractivity contribution in [1.29, 1.82) is 0 Å². The molecule has 2 aromatic heterocycles. The van der Waals surface area contributed by atoms with Crippen molar-refractivity contribution >= 4 is 52.2 Å². The van der Waals surface area contributed by atoms with E-state index in [0.717, 1.165) is 10.8 Å². The van der Waals surface area contributed by atoms with E-state index in [9.17, 15) is 9.90 Å². The van der Waals surface area contributed by atoms with Crippen LogP contribution >= 0.6 is 6.64 Å². The van der Waals surface area contributed by atoms with Crippen LogP contribution in [0.3, 0.4) is 0 Å². The normalized spacial score (nSPS) is 23.5. The minimum atomic E-state index is -3.56. The van der Waals surface area contributed by atoms with Crippen LogP contribution in [0.15, 0.2) is 48.8 Å². The second-order valence-corrected chi connectivity index (χ2v) is 16.5. The topological polar surface area (TPSA) is 133 Å². The van der Waals surface area contributed by atoms with Gasteiger partial charge in [0.15, 0.2) is 28.9 Å². The molecule has 5 rings (SSSR count). The van der Waals surface area contributed by atoms with Crippen LogP contribution in [-0.4, -0.2) is 81.8 Å². The van der Waals surface area contributed by atoms with E-state index in [1.165, 1.54) is 17.8 Å². The molecule has 0 saturated carbocycles. The number of fused-ring (bicyclic) bond motifs is 2. The van der Waals surface area contributed by atoms with Crippen LogP contribution in [0.1, 0.15) is 46.7 Å². The number of aliphatic hydroxyl groups is 1. The number of ether oxygens (including phenoxy) is 2. The number of benzene rings is 2. The zero-order valence-corrected chi connectivity index (χ0v) is 29.5. The Hall–Kier alpha value is -3.26. The molecule has 2 aromatic carbocycles. The summed E-state index contributed by atoms with van der Waals surface area (Å²) < 4.78 is 42.0. The number of aliphatic hydroxyl groups excluding tert-OH is 1. The minimum absolute atomic E-state index is 0.202. The lowest BCUT2D eigenvalue weighted by Crippen LogP contribution is -2.41. The van der Waals surface area contributed by atoms with E-state index >= 15 is 4.39 Å². The van der Waals surface area contributed by atoms with Gasteiger partial charge in [-0.25, -0.2) is 24.4 Å². The van der Waals surface area contributed by atoms with Gasteiger partial charge in [-0.05, 0) is 49.4 Å². The molecule has 1 saturated heterocycles. The number of esters is 1. The van der Waals surface area contributed by atoms with Crippen molar-refractivity contribution in [1.82, 2.24) is 24.6 Å².